The van der Waals surface area contributed by atoms with Crippen molar-refractivity contribution >= 4 is 32.8 Å². The topological polar surface area (TPSA) is 61.4 Å². The van der Waals surface area contributed by atoms with Crippen LogP contribution in [0.15, 0.2) is 170 Å². The molecular formula is C47H30N6. The summed E-state index contributed by atoms with van der Waals surface area (Å²) in [5.41, 5.74) is 13.3. The maximum Gasteiger partial charge on any atom is 0.238 e. The monoisotopic (exact) mass is 678 g/mol. The average Bonchev–Trinajstić information content (AvgIpc) is 3.77. The van der Waals surface area contributed by atoms with Crippen molar-refractivity contribution in [2.24, 2.45) is 0 Å². The van der Waals surface area contributed by atoms with Crippen molar-refractivity contribution in [1.82, 2.24) is 29.1 Å². The standard InChI is InChI=1S/C47H30N6/c1-4-14-30(15-5-1)44-49-45(31-16-6-2-7-17-31)51-47(50-44)53-41-23-13-12-22-37(41)38-26-33(24-25-42(38)53)35-27-39-36-21-11-10-20-34(36)29-52-43(39)40(28-35)48-46(52)32-18-8-3-9-19-32/h1-28H,29H2. The van der Waals surface area contributed by atoms with Crippen LogP contribution in [0.2, 0.25) is 0 Å². The van der Waals surface area contributed by atoms with E-state index in [9.17, 15) is 0 Å². The number of nitrogens with zero attached hydrogens (tertiary/aromatic N) is 6. The lowest BCUT2D eigenvalue weighted by atomic mass is 9.92. The van der Waals surface area contributed by atoms with Gasteiger partial charge in [0.2, 0.25) is 5.95 Å². The summed E-state index contributed by atoms with van der Waals surface area (Å²) in [7, 11) is 0. The SMILES string of the molecule is c1ccc(-c2nc(-c3ccccc3)nc(-n3c4ccccc4c4cc(-c5cc6c7c(c5)nc(-c5ccccc5)n7Cc5ccccc5-6)ccc43)n2)cc1. The van der Waals surface area contributed by atoms with Gasteiger partial charge >= 0.3 is 0 Å². The van der Waals surface area contributed by atoms with Gasteiger partial charge < -0.3 is 4.57 Å². The van der Waals surface area contributed by atoms with Gasteiger partial charge in [-0.2, -0.15) is 9.97 Å². The second kappa shape index (κ2) is 11.7. The number of imidazole rings is 1. The Morgan fingerprint density at radius 3 is 1.77 bits per heavy atom. The minimum absolute atomic E-state index is 0.582. The highest BCUT2D eigenvalue weighted by Crippen LogP contribution is 2.43. The summed E-state index contributed by atoms with van der Waals surface area (Å²) in [6, 6.07) is 59.3. The maximum atomic E-state index is 5.28. The van der Waals surface area contributed by atoms with Crippen molar-refractivity contribution in [3.8, 4) is 62.4 Å². The zero-order chi connectivity index (χ0) is 34.9. The van der Waals surface area contributed by atoms with E-state index in [2.05, 4.69) is 118 Å². The van der Waals surface area contributed by atoms with E-state index in [-0.39, 0.29) is 0 Å². The van der Waals surface area contributed by atoms with Crippen molar-refractivity contribution in [3.05, 3.63) is 175 Å². The quantitative estimate of drug-likeness (QED) is 0.182. The van der Waals surface area contributed by atoms with E-state index < -0.39 is 0 Å². The van der Waals surface area contributed by atoms with Crippen molar-refractivity contribution in [1.29, 1.82) is 0 Å². The van der Waals surface area contributed by atoms with Crippen molar-refractivity contribution < 1.29 is 0 Å². The van der Waals surface area contributed by atoms with Crippen LogP contribution in [0.1, 0.15) is 5.56 Å². The largest absolute Gasteiger partial charge is 0.319 e. The van der Waals surface area contributed by atoms with Crippen LogP contribution in [0.5, 0.6) is 0 Å². The Labute approximate surface area is 305 Å². The molecule has 1 aliphatic rings. The first-order valence-corrected chi connectivity index (χ1v) is 17.9. The van der Waals surface area contributed by atoms with Gasteiger partial charge in [0.25, 0.3) is 0 Å². The Balaban J connectivity index is 1.13. The minimum Gasteiger partial charge on any atom is -0.319 e. The molecule has 53 heavy (non-hydrogen) atoms. The number of para-hydroxylation sites is 1. The molecule has 248 valence electrons. The molecule has 1 aliphatic heterocycles. The number of aromatic nitrogens is 6. The third-order valence-corrected chi connectivity index (χ3v) is 10.4. The lowest BCUT2D eigenvalue weighted by Gasteiger charge is -2.21. The molecule has 0 saturated carbocycles. The van der Waals surface area contributed by atoms with Gasteiger partial charge in [-0.1, -0.05) is 140 Å². The molecule has 0 saturated heterocycles. The van der Waals surface area contributed by atoms with Crippen molar-refractivity contribution in [2.45, 2.75) is 6.54 Å². The molecule has 6 heteroatoms. The number of rotatable bonds is 5. The van der Waals surface area contributed by atoms with Crippen LogP contribution in [0.3, 0.4) is 0 Å². The third-order valence-electron chi connectivity index (χ3n) is 10.4. The Morgan fingerprint density at radius 1 is 0.415 bits per heavy atom. The molecule has 0 spiro atoms. The Bertz CT molecular complexity index is 2960. The number of hydrogen-bond acceptors (Lipinski definition) is 4. The zero-order valence-electron chi connectivity index (χ0n) is 28.6. The van der Waals surface area contributed by atoms with Crippen molar-refractivity contribution in [3.63, 3.8) is 0 Å². The van der Waals surface area contributed by atoms with Gasteiger partial charge in [-0.3, -0.25) is 4.57 Å². The molecule has 11 rings (SSSR count). The van der Waals surface area contributed by atoms with Crippen LogP contribution in [0.4, 0.5) is 0 Å². The number of benzene rings is 7. The molecule has 0 atom stereocenters. The highest BCUT2D eigenvalue weighted by Gasteiger charge is 2.25. The van der Waals surface area contributed by atoms with Crippen LogP contribution < -0.4 is 0 Å². The summed E-state index contributed by atoms with van der Waals surface area (Å²) in [6.07, 6.45) is 0. The van der Waals surface area contributed by atoms with Gasteiger partial charge in [-0.25, -0.2) is 9.97 Å². The molecule has 0 bridgehead atoms. The predicted octanol–water partition coefficient (Wildman–Crippen LogP) is 11.0. The van der Waals surface area contributed by atoms with Gasteiger partial charge in [0.05, 0.1) is 28.6 Å². The van der Waals surface area contributed by atoms with E-state index in [4.69, 9.17) is 19.9 Å². The first-order chi connectivity index (χ1) is 26.3. The van der Waals surface area contributed by atoms with E-state index in [1.54, 1.807) is 0 Å². The van der Waals surface area contributed by atoms with Crippen LogP contribution >= 0.6 is 0 Å². The molecule has 0 aliphatic carbocycles. The van der Waals surface area contributed by atoms with Crippen LogP contribution in [-0.2, 0) is 6.54 Å². The Morgan fingerprint density at radius 2 is 1.04 bits per heavy atom. The van der Waals surface area contributed by atoms with Crippen molar-refractivity contribution in [2.75, 3.05) is 0 Å². The average molecular weight is 679 g/mol. The van der Waals surface area contributed by atoms with Gasteiger partial charge in [-0.05, 0) is 52.6 Å². The summed E-state index contributed by atoms with van der Waals surface area (Å²) in [5, 5.41) is 2.27. The molecule has 6 nitrogen and oxygen atoms in total. The second-order valence-electron chi connectivity index (χ2n) is 13.5. The van der Waals surface area contributed by atoms with E-state index in [0.717, 1.165) is 67.5 Å². The van der Waals surface area contributed by atoms with E-state index in [1.165, 1.54) is 22.2 Å². The van der Waals surface area contributed by atoms with E-state index >= 15 is 0 Å². The number of fused-ring (bicyclic) bond motifs is 5. The Hall–Kier alpha value is -7.18. The lowest BCUT2D eigenvalue weighted by molar-refractivity contribution is 0.827. The molecule has 0 unspecified atom stereocenters. The predicted molar refractivity (Wildman–Crippen MR) is 214 cm³/mol. The van der Waals surface area contributed by atoms with Crippen LogP contribution in [-0.4, -0.2) is 29.1 Å². The highest BCUT2D eigenvalue weighted by molar-refractivity contribution is 6.11. The fraction of sp³-hybridized carbons (Fsp3) is 0.0213. The molecule has 0 radical (unpaired) electrons. The first kappa shape index (κ1) is 29.5. The lowest BCUT2D eigenvalue weighted by Crippen LogP contribution is -2.08. The molecule has 10 aromatic rings. The fourth-order valence-corrected chi connectivity index (χ4v) is 7.96. The Kier molecular flexibility index (Phi) is 6.51. The smallest absolute Gasteiger partial charge is 0.238 e. The fourth-order valence-electron chi connectivity index (χ4n) is 7.96. The molecule has 0 fully saturated rings. The highest BCUT2D eigenvalue weighted by atomic mass is 15.2. The van der Waals surface area contributed by atoms with Gasteiger partial charge in [0.1, 0.15) is 5.82 Å². The summed E-state index contributed by atoms with van der Waals surface area (Å²) in [6.45, 7) is 0.795. The minimum atomic E-state index is 0.582. The molecular weight excluding hydrogens is 649 g/mol. The molecule has 7 aromatic carbocycles. The molecule has 3 aromatic heterocycles. The van der Waals surface area contributed by atoms with E-state index in [0.29, 0.717) is 17.6 Å². The first-order valence-electron chi connectivity index (χ1n) is 17.9. The summed E-state index contributed by atoms with van der Waals surface area (Å²) < 4.78 is 4.55. The molecule has 0 amide bonds. The van der Waals surface area contributed by atoms with E-state index in [1.807, 2.05) is 60.7 Å². The van der Waals surface area contributed by atoms with Crippen LogP contribution in [0.25, 0.3) is 95.2 Å². The van der Waals surface area contributed by atoms with Crippen LogP contribution in [0, 0.1) is 0 Å². The van der Waals surface area contributed by atoms with Gasteiger partial charge in [-0.15, -0.1) is 0 Å². The summed E-state index contributed by atoms with van der Waals surface area (Å²) in [4.78, 5) is 20.4. The summed E-state index contributed by atoms with van der Waals surface area (Å²) in [5.74, 6) is 2.84. The maximum absolute atomic E-state index is 5.28. The summed E-state index contributed by atoms with van der Waals surface area (Å²) >= 11 is 0. The van der Waals surface area contributed by atoms with Gasteiger partial charge in [0.15, 0.2) is 11.6 Å². The molecule has 0 N–H and O–H groups in total. The second-order valence-corrected chi connectivity index (χ2v) is 13.5. The zero-order valence-corrected chi connectivity index (χ0v) is 28.6. The van der Waals surface area contributed by atoms with Gasteiger partial charge in [0, 0.05) is 33.0 Å². The molecule has 4 heterocycles. The number of hydrogen-bond donors (Lipinski definition) is 0. The third kappa shape index (κ3) is 4.73. The normalized spacial score (nSPS) is 12.1.